The molecule has 1 aliphatic rings. The molecule has 0 aliphatic carbocycles. The number of nitrogens with zero attached hydrogens (tertiary/aromatic N) is 3. The molecule has 1 aromatic carbocycles. The van der Waals surface area contributed by atoms with E-state index in [0.717, 1.165) is 59.4 Å². The molecule has 3 heterocycles. The van der Waals surface area contributed by atoms with Crippen LogP contribution in [0, 0.1) is 0 Å². The van der Waals surface area contributed by atoms with Crippen LogP contribution in [0.15, 0.2) is 41.7 Å². The number of benzene rings is 1. The lowest BCUT2D eigenvalue weighted by Gasteiger charge is -2.31. The largest absolute Gasteiger partial charge is 0.378 e. The van der Waals surface area contributed by atoms with Gasteiger partial charge in [0, 0.05) is 24.2 Å². The van der Waals surface area contributed by atoms with Crippen molar-refractivity contribution in [1.29, 1.82) is 0 Å². The number of fused-ring (bicyclic) bond motifs is 1. The number of hydrogen-bond acceptors (Lipinski definition) is 7. The van der Waals surface area contributed by atoms with Crippen LogP contribution in [0.1, 0.15) is 0 Å². The van der Waals surface area contributed by atoms with Gasteiger partial charge in [0.25, 0.3) is 0 Å². The second-order valence-electron chi connectivity index (χ2n) is 5.67. The summed E-state index contributed by atoms with van der Waals surface area (Å²) in [4.78, 5) is 15.3. The minimum Gasteiger partial charge on any atom is -0.378 e. The second-order valence-corrected chi connectivity index (χ2v) is 6.76. The lowest BCUT2D eigenvalue weighted by atomic mass is 10.2. The van der Waals surface area contributed by atoms with Gasteiger partial charge in [0.2, 0.25) is 0 Å². The van der Waals surface area contributed by atoms with Gasteiger partial charge >= 0.3 is 0 Å². The topological polar surface area (TPSA) is 78.1 Å². The minimum absolute atomic E-state index is 0.752. The highest BCUT2D eigenvalue weighted by Crippen LogP contribution is 2.34. The molecular weight excluding hydrogens is 336 g/mol. The Morgan fingerprint density at radius 2 is 2.08 bits per heavy atom. The first-order valence-electron chi connectivity index (χ1n) is 8.20. The minimum atomic E-state index is 0.752. The Morgan fingerprint density at radius 3 is 2.92 bits per heavy atom. The number of aromatic amines is 1. The van der Waals surface area contributed by atoms with Crippen LogP contribution in [0.3, 0.4) is 0 Å². The van der Waals surface area contributed by atoms with E-state index in [4.69, 9.17) is 4.74 Å². The number of nitrogens with one attached hydrogen (secondary N) is 3. The molecule has 3 aromatic rings. The van der Waals surface area contributed by atoms with Gasteiger partial charge < -0.3 is 19.9 Å². The van der Waals surface area contributed by atoms with Gasteiger partial charge in [-0.1, -0.05) is 0 Å². The number of rotatable bonds is 5. The van der Waals surface area contributed by atoms with Crippen LogP contribution in [0.25, 0.3) is 11.0 Å². The normalized spacial score (nSPS) is 14.8. The van der Waals surface area contributed by atoms with Crippen LogP contribution in [-0.2, 0) is 4.74 Å². The molecule has 3 N–H and O–H groups in total. The van der Waals surface area contributed by atoms with Gasteiger partial charge in [0.15, 0.2) is 0 Å². The highest BCUT2D eigenvalue weighted by molar-refractivity contribution is 7.97. The van der Waals surface area contributed by atoms with Crippen LogP contribution in [0.2, 0.25) is 0 Å². The fraction of sp³-hybridized carbons (Fsp3) is 0.294. The van der Waals surface area contributed by atoms with Crippen LogP contribution >= 0.6 is 11.9 Å². The average Bonchev–Trinajstić information content (AvgIpc) is 3.13. The maximum atomic E-state index is 5.49. The van der Waals surface area contributed by atoms with Crippen molar-refractivity contribution in [2.24, 2.45) is 0 Å². The fourth-order valence-corrected chi connectivity index (χ4v) is 3.52. The zero-order valence-electron chi connectivity index (χ0n) is 14.0. The van der Waals surface area contributed by atoms with Gasteiger partial charge in [-0.05, 0) is 43.3 Å². The maximum Gasteiger partial charge on any atom is 0.143 e. The lowest BCUT2D eigenvalue weighted by molar-refractivity contribution is 0.123. The molecule has 0 saturated carbocycles. The smallest absolute Gasteiger partial charge is 0.143 e. The summed E-state index contributed by atoms with van der Waals surface area (Å²) in [5, 5.41) is 4.48. The number of aromatic nitrogens is 3. The first kappa shape index (κ1) is 16.2. The van der Waals surface area contributed by atoms with E-state index < -0.39 is 0 Å². The average molecular weight is 356 g/mol. The molecule has 4 rings (SSSR count). The van der Waals surface area contributed by atoms with Gasteiger partial charge in [-0.25, -0.2) is 9.97 Å². The molecule has 2 aromatic heterocycles. The Balaban J connectivity index is 1.72. The van der Waals surface area contributed by atoms with Crippen molar-refractivity contribution in [2.45, 2.75) is 4.90 Å². The zero-order chi connectivity index (χ0) is 17.1. The number of hydrogen-bond donors (Lipinski definition) is 3. The summed E-state index contributed by atoms with van der Waals surface area (Å²) in [6.07, 6.45) is 3.45. The van der Waals surface area contributed by atoms with Gasteiger partial charge in [-0.15, -0.1) is 0 Å². The van der Waals surface area contributed by atoms with E-state index in [1.807, 2.05) is 19.3 Å². The molecule has 0 spiro atoms. The number of H-pyrrole nitrogens is 1. The Morgan fingerprint density at radius 1 is 1.20 bits per heavy atom. The molecule has 0 radical (unpaired) electrons. The highest BCUT2D eigenvalue weighted by atomic mass is 32.2. The molecule has 7 nitrogen and oxygen atoms in total. The molecule has 1 aliphatic heterocycles. The second kappa shape index (κ2) is 7.30. The van der Waals surface area contributed by atoms with E-state index in [1.165, 1.54) is 0 Å². The van der Waals surface area contributed by atoms with Crippen LogP contribution in [0.5, 0.6) is 0 Å². The van der Waals surface area contributed by atoms with Crippen LogP contribution in [0.4, 0.5) is 17.2 Å². The number of anilines is 3. The van der Waals surface area contributed by atoms with E-state index in [1.54, 1.807) is 18.3 Å². The van der Waals surface area contributed by atoms with Crippen molar-refractivity contribution < 1.29 is 4.74 Å². The molecule has 0 atom stereocenters. The predicted molar refractivity (Wildman–Crippen MR) is 102 cm³/mol. The van der Waals surface area contributed by atoms with E-state index in [0.29, 0.717) is 0 Å². The molecule has 1 saturated heterocycles. The van der Waals surface area contributed by atoms with E-state index >= 15 is 0 Å². The SMILES string of the molecule is CNSc1ccc(N2CCOCC2)c(Nc2ncnc3[nH]ccc23)c1. The molecule has 8 heteroatoms. The molecule has 25 heavy (non-hydrogen) atoms. The summed E-state index contributed by atoms with van der Waals surface area (Å²) < 4.78 is 8.61. The third-order valence-electron chi connectivity index (χ3n) is 4.15. The number of morpholine rings is 1. The Hall–Kier alpha value is -2.29. The summed E-state index contributed by atoms with van der Waals surface area (Å²) in [6.45, 7) is 3.27. The maximum absolute atomic E-state index is 5.49. The fourth-order valence-electron chi connectivity index (χ4n) is 2.98. The van der Waals surface area contributed by atoms with E-state index in [9.17, 15) is 0 Å². The summed E-state index contributed by atoms with van der Waals surface area (Å²) in [5.74, 6) is 0.798. The lowest BCUT2D eigenvalue weighted by Crippen LogP contribution is -2.36. The molecule has 130 valence electrons. The van der Waals surface area contributed by atoms with Crippen molar-refractivity contribution in [3.8, 4) is 0 Å². The van der Waals surface area contributed by atoms with E-state index in [2.05, 4.69) is 48.1 Å². The highest BCUT2D eigenvalue weighted by Gasteiger charge is 2.16. The van der Waals surface area contributed by atoms with Gasteiger partial charge in [0.1, 0.15) is 17.8 Å². The predicted octanol–water partition coefficient (Wildman–Crippen LogP) is 2.76. The Labute approximate surface area is 150 Å². The van der Waals surface area contributed by atoms with E-state index in [-0.39, 0.29) is 0 Å². The first-order valence-corrected chi connectivity index (χ1v) is 9.02. The van der Waals surface area contributed by atoms with Gasteiger partial charge in [-0.2, -0.15) is 0 Å². The Bertz CT molecular complexity index is 861. The van der Waals surface area contributed by atoms with Crippen molar-refractivity contribution in [2.75, 3.05) is 43.6 Å². The molecule has 0 amide bonds. The monoisotopic (exact) mass is 356 g/mol. The quantitative estimate of drug-likeness (QED) is 0.607. The zero-order valence-corrected chi connectivity index (χ0v) is 14.8. The summed E-state index contributed by atoms with van der Waals surface area (Å²) >= 11 is 1.59. The summed E-state index contributed by atoms with van der Waals surface area (Å²) in [5.41, 5.74) is 3.01. The van der Waals surface area contributed by atoms with Crippen molar-refractivity contribution in [1.82, 2.24) is 19.7 Å². The third-order valence-corrected chi connectivity index (χ3v) is 4.84. The number of ether oxygens (including phenoxy) is 1. The third kappa shape index (κ3) is 3.41. The summed E-state index contributed by atoms with van der Waals surface area (Å²) in [7, 11) is 1.92. The standard InChI is InChI=1S/C17H20N6OS/c1-18-25-12-2-3-15(23-6-8-24-9-7-23)14(10-12)22-17-13-4-5-19-16(13)20-11-21-17/h2-5,10-11,18H,6-9H2,1H3,(H2,19,20,21,22). The molecule has 0 unspecified atom stereocenters. The molecular formula is C17H20N6OS. The molecule has 1 fully saturated rings. The van der Waals surface area contributed by atoms with Crippen LogP contribution in [-0.4, -0.2) is 48.3 Å². The Kier molecular flexibility index (Phi) is 4.73. The first-order chi connectivity index (χ1) is 12.3. The van der Waals surface area contributed by atoms with Crippen LogP contribution < -0.4 is 14.9 Å². The molecule has 0 bridgehead atoms. The van der Waals surface area contributed by atoms with Crippen molar-refractivity contribution in [3.63, 3.8) is 0 Å². The van der Waals surface area contributed by atoms with Crippen molar-refractivity contribution >= 4 is 40.2 Å². The van der Waals surface area contributed by atoms with Gasteiger partial charge in [0.05, 0.1) is 30.0 Å². The van der Waals surface area contributed by atoms with Gasteiger partial charge in [-0.3, -0.25) is 4.72 Å². The van der Waals surface area contributed by atoms with Crippen molar-refractivity contribution in [3.05, 3.63) is 36.8 Å². The summed E-state index contributed by atoms with van der Waals surface area (Å²) in [6, 6.07) is 8.41.